The van der Waals surface area contributed by atoms with Gasteiger partial charge >= 0.3 is 5.97 Å². The fraction of sp³-hybridized carbons (Fsp3) is 0.465. The molecule has 0 unspecified atom stereocenters. The molecule has 0 saturated heterocycles. The van der Waals surface area contributed by atoms with Gasteiger partial charge in [0, 0.05) is 36.9 Å². The zero-order chi connectivity index (χ0) is 49.8. The summed E-state index contributed by atoms with van der Waals surface area (Å²) in [5, 5.41) is 66.6. The Morgan fingerprint density at radius 2 is 1.03 bits per heavy atom. The number of benzene rings is 2. The maximum Gasteiger partial charge on any atom is 0.327 e. The minimum absolute atomic E-state index is 0.0425. The number of aromatic amines is 1. The molecule has 67 heavy (non-hydrogen) atoms. The van der Waals surface area contributed by atoms with Crippen LogP contribution in [0.2, 0.25) is 0 Å². The van der Waals surface area contributed by atoms with Crippen molar-refractivity contribution in [2.45, 2.75) is 101 Å². The molecule has 3 aromatic rings. The van der Waals surface area contributed by atoms with Gasteiger partial charge in [-0.3, -0.25) is 33.6 Å². The SMILES string of the molecule is CC(C)C[C@H](NC(=O)[C@H](CO)NC(=O)[C@H](Cc1cnc[nH]1)NC(=O)[C@H](CO)NC(=O)[C@H](Cc1ccccc1)NC(=O)[C@H](Cc1ccc(O)cc1)NC(=O)[C@@H](N)[C@@H](C)O)C(=O)N[C@@H](CS)C(=O)O. The topological polar surface area (TPSA) is 377 Å². The lowest BCUT2D eigenvalue weighted by molar-refractivity contribution is -0.141. The van der Waals surface area contributed by atoms with Gasteiger partial charge in [0.25, 0.3) is 0 Å². The van der Waals surface area contributed by atoms with Crippen LogP contribution in [-0.2, 0) is 57.6 Å². The number of nitrogens with zero attached hydrogens (tertiary/aromatic N) is 1. The predicted octanol–water partition coefficient (Wildman–Crippen LogP) is -3.71. The number of H-pyrrole nitrogens is 1. The third-order valence-corrected chi connectivity index (χ3v) is 10.5. The van der Waals surface area contributed by atoms with Crippen molar-refractivity contribution < 1.29 is 63.9 Å². The Kier molecular flexibility index (Phi) is 22.2. The molecule has 2 aromatic carbocycles. The van der Waals surface area contributed by atoms with Crippen molar-refractivity contribution in [1.29, 1.82) is 0 Å². The third-order valence-electron chi connectivity index (χ3n) is 10.1. The number of amides is 7. The van der Waals surface area contributed by atoms with E-state index in [1.54, 1.807) is 44.2 Å². The number of nitrogens with one attached hydrogen (secondary N) is 8. The second kappa shape index (κ2) is 27.1. The van der Waals surface area contributed by atoms with Gasteiger partial charge in [0.2, 0.25) is 41.4 Å². The number of aliphatic hydroxyl groups is 3. The lowest BCUT2D eigenvalue weighted by Gasteiger charge is -2.27. The molecule has 9 atom stereocenters. The Bertz CT molecular complexity index is 2110. The number of phenols is 1. The van der Waals surface area contributed by atoms with E-state index in [0.717, 1.165) is 0 Å². The molecule has 0 aliphatic rings. The molecule has 0 spiro atoms. The van der Waals surface area contributed by atoms with Gasteiger partial charge in [-0.15, -0.1) is 0 Å². The van der Waals surface area contributed by atoms with E-state index in [9.17, 15) is 63.9 Å². The average molecular weight is 957 g/mol. The van der Waals surface area contributed by atoms with Crippen molar-refractivity contribution >= 4 is 59.9 Å². The fourth-order valence-corrected chi connectivity index (χ4v) is 6.61. The first-order valence-electron chi connectivity index (χ1n) is 21.2. The molecule has 0 aliphatic heterocycles. The van der Waals surface area contributed by atoms with Gasteiger partial charge in [-0.25, -0.2) is 9.78 Å². The lowest BCUT2D eigenvalue weighted by atomic mass is 10.0. The van der Waals surface area contributed by atoms with Crippen LogP contribution in [-0.4, -0.2) is 156 Å². The fourth-order valence-electron chi connectivity index (χ4n) is 6.36. The molecule has 0 fully saturated rings. The standard InChI is InChI=1S/C43H60N10O13S/c1-22(2)13-28(36(58)53-34(20-67)43(65)66)47-40(62)32(18-54)52-39(61)31(16-26-17-45-21-46-26)49-41(63)33(19-55)51-38(60)29(14-24-7-5-4-6-8-24)48-37(59)30(50-42(64)35(44)23(3)56)15-25-9-11-27(57)12-10-25/h4-12,17,21-23,28-35,54-57,67H,13-16,18-20,44H2,1-3H3,(H,45,46)(H,47,62)(H,48,59)(H,49,63)(H,50,64)(H,51,60)(H,52,61)(H,53,58)(H,65,66)/t23-,28+,29+,30+,31+,32+,33+,34+,35+/m1/s1. The number of aliphatic hydroxyl groups excluding tert-OH is 3. The molecule has 366 valence electrons. The highest BCUT2D eigenvalue weighted by molar-refractivity contribution is 7.80. The van der Waals surface area contributed by atoms with Crippen molar-refractivity contribution in [2.24, 2.45) is 11.7 Å². The maximum atomic E-state index is 14.0. The largest absolute Gasteiger partial charge is 0.508 e. The van der Waals surface area contributed by atoms with E-state index in [4.69, 9.17) is 5.73 Å². The molecule has 23 nitrogen and oxygen atoms in total. The van der Waals surface area contributed by atoms with Crippen LogP contribution >= 0.6 is 12.6 Å². The number of aliphatic carboxylic acids is 1. The summed E-state index contributed by atoms with van der Waals surface area (Å²) in [4.78, 5) is 113. The number of carboxylic acid groups (broad SMARTS) is 1. The number of hydrogen-bond acceptors (Lipinski definition) is 15. The van der Waals surface area contributed by atoms with E-state index in [-0.39, 0.29) is 43.1 Å². The number of hydrogen-bond donors (Lipinski definition) is 15. The Labute approximate surface area is 391 Å². The molecule has 0 bridgehead atoms. The lowest BCUT2D eigenvalue weighted by Crippen LogP contribution is -2.62. The average Bonchev–Trinajstić information content (AvgIpc) is 3.81. The number of thiol groups is 1. The maximum absolute atomic E-state index is 14.0. The first kappa shape index (κ1) is 54.7. The molecular weight excluding hydrogens is 897 g/mol. The third kappa shape index (κ3) is 18.0. The van der Waals surface area contributed by atoms with Gasteiger partial charge in [0.1, 0.15) is 54.1 Å². The van der Waals surface area contributed by atoms with Crippen molar-refractivity contribution in [3.8, 4) is 5.75 Å². The number of rotatable bonds is 27. The van der Waals surface area contributed by atoms with Gasteiger partial charge in [-0.2, -0.15) is 12.6 Å². The monoisotopic (exact) mass is 956 g/mol. The number of phenolic OH excluding ortho intramolecular Hbond substituents is 1. The Balaban J connectivity index is 1.85. The summed E-state index contributed by atoms with van der Waals surface area (Å²) in [7, 11) is 0. The number of aromatic hydroxyl groups is 1. The van der Waals surface area contributed by atoms with Crippen LogP contribution in [0.4, 0.5) is 0 Å². The number of carboxylic acids is 1. The van der Waals surface area contributed by atoms with Crippen molar-refractivity contribution in [1.82, 2.24) is 47.2 Å². The molecule has 0 aliphatic carbocycles. The number of carbonyl (C=O) groups is 8. The van der Waals surface area contributed by atoms with E-state index in [2.05, 4.69) is 59.8 Å². The van der Waals surface area contributed by atoms with Crippen molar-refractivity contribution in [3.63, 3.8) is 0 Å². The molecule has 0 radical (unpaired) electrons. The smallest absolute Gasteiger partial charge is 0.327 e. The van der Waals surface area contributed by atoms with Gasteiger partial charge in [0.15, 0.2) is 0 Å². The highest BCUT2D eigenvalue weighted by Gasteiger charge is 2.35. The van der Waals surface area contributed by atoms with Crippen LogP contribution in [0.5, 0.6) is 5.75 Å². The van der Waals surface area contributed by atoms with Gasteiger partial charge in [-0.1, -0.05) is 56.3 Å². The van der Waals surface area contributed by atoms with Crippen LogP contribution in [0.15, 0.2) is 67.1 Å². The normalized spacial score (nSPS) is 15.2. The second-order valence-corrected chi connectivity index (χ2v) is 16.4. The predicted molar refractivity (Wildman–Crippen MR) is 243 cm³/mol. The minimum Gasteiger partial charge on any atom is -0.508 e. The van der Waals surface area contributed by atoms with Crippen molar-refractivity contribution in [2.75, 3.05) is 19.0 Å². The summed E-state index contributed by atoms with van der Waals surface area (Å²) in [6, 6.07) is 2.21. The zero-order valence-corrected chi connectivity index (χ0v) is 37.9. The summed E-state index contributed by atoms with van der Waals surface area (Å²) < 4.78 is 0. The summed E-state index contributed by atoms with van der Waals surface area (Å²) in [6.07, 6.45) is 0.784. The number of aromatic nitrogens is 2. The number of carbonyl (C=O) groups excluding carboxylic acids is 7. The molecule has 0 saturated carbocycles. The van der Waals surface area contributed by atoms with Crippen LogP contribution in [0.25, 0.3) is 0 Å². The van der Waals surface area contributed by atoms with Crippen LogP contribution in [0.1, 0.15) is 44.0 Å². The molecule has 24 heteroatoms. The summed E-state index contributed by atoms with van der Waals surface area (Å²) in [6.45, 7) is 2.77. The highest BCUT2D eigenvalue weighted by atomic mass is 32.1. The van der Waals surface area contributed by atoms with Gasteiger partial charge in [-0.05, 0) is 42.5 Å². The van der Waals surface area contributed by atoms with E-state index < -0.39 is 115 Å². The van der Waals surface area contributed by atoms with Crippen LogP contribution in [0, 0.1) is 5.92 Å². The molecule has 7 amide bonds. The molecular formula is C43H60N10O13S. The van der Waals surface area contributed by atoms with Gasteiger partial charge < -0.3 is 73.5 Å². The van der Waals surface area contributed by atoms with E-state index >= 15 is 0 Å². The Morgan fingerprint density at radius 3 is 1.46 bits per heavy atom. The van der Waals surface area contributed by atoms with E-state index in [0.29, 0.717) is 16.8 Å². The van der Waals surface area contributed by atoms with Crippen LogP contribution < -0.4 is 43.0 Å². The van der Waals surface area contributed by atoms with Crippen molar-refractivity contribution in [3.05, 3.63) is 83.9 Å². The highest BCUT2D eigenvalue weighted by Crippen LogP contribution is 2.13. The quantitative estimate of drug-likeness (QED) is 0.0327. The van der Waals surface area contributed by atoms with E-state index in [1.165, 1.54) is 43.7 Å². The van der Waals surface area contributed by atoms with E-state index in [1.807, 2.05) is 0 Å². The zero-order valence-electron chi connectivity index (χ0n) is 37.0. The summed E-state index contributed by atoms with van der Waals surface area (Å²) in [5.41, 5.74) is 7.19. The summed E-state index contributed by atoms with van der Waals surface area (Å²) >= 11 is 3.94. The molecule has 15 N–H and O–H groups in total. The molecule has 1 aromatic heterocycles. The Hall–Kier alpha value is -6.60. The molecule has 1 heterocycles. The van der Waals surface area contributed by atoms with Gasteiger partial charge in [0.05, 0.1) is 25.6 Å². The second-order valence-electron chi connectivity index (χ2n) is 16.1. The number of imidazole rings is 1. The molecule has 3 rings (SSSR count). The van der Waals surface area contributed by atoms with Crippen LogP contribution in [0.3, 0.4) is 0 Å². The first-order valence-corrected chi connectivity index (χ1v) is 21.8. The minimum atomic E-state index is -1.75. The Morgan fingerprint density at radius 1 is 0.612 bits per heavy atom. The first-order chi connectivity index (χ1) is 31.8. The summed E-state index contributed by atoms with van der Waals surface area (Å²) in [5.74, 6) is -8.59. The number of nitrogens with two attached hydrogens (primary N) is 1.